The van der Waals surface area contributed by atoms with E-state index >= 15 is 0 Å². The molecule has 2 rings (SSSR count). The lowest BCUT2D eigenvalue weighted by Gasteiger charge is -2.02. The molecule has 2 aromatic rings. The third kappa shape index (κ3) is 2.78. The number of hydrogen-bond donors (Lipinski definition) is 1. The second kappa shape index (κ2) is 5.50. The third-order valence-corrected chi connectivity index (χ3v) is 2.51. The van der Waals surface area contributed by atoms with Crippen LogP contribution in [-0.2, 0) is 24.9 Å². The number of ether oxygens (including phenoxy) is 1. The van der Waals surface area contributed by atoms with Crippen molar-refractivity contribution in [1.82, 2.24) is 15.1 Å². The Labute approximate surface area is 105 Å². The zero-order valence-electron chi connectivity index (χ0n) is 10.3. The molecule has 0 aliphatic heterocycles. The van der Waals surface area contributed by atoms with E-state index in [2.05, 4.69) is 15.2 Å². The van der Waals surface area contributed by atoms with Crippen molar-refractivity contribution in [2.24, 2.45) is 7.05 Å². The van der Waals surface area contributed by atoms with Gasteiger partial charge >= 0.3 is 5.97 Å². The second-order valence-corrected chi connectivity index (χ2v) is 3.85. The largest absolute Gasteiger partial charge is 0.463 e. The van der Waals surface area contributed by atoms with Gasteiger partial charge in [0.2, 0.25) is 5.76 Å². The number of nitrogens with zero attached hydrogens (tertiary/aromatic N) is 2. The minimum absolute atomic E-state index is 0.242. The van der Waals surface area contributed by atoms with Gasteiger partial charge in [-0.25, -0.2) is 4.79 Å². The first kappa shape index (κ1) is 12.4. The summed E-state index contributed by atoms with van der Waals surface area (Å²) in [6.07, 6.45) is 3.36. The van der Waals surface area contributed by atoms with Crippen molar-refractivity contribution >= 4 is 5.97 Å². The Kier molecular flexibility index (Phi) is 3.78. The Hall–Kier alpha value is -2.08. The van der Waals surface area contributed by atoms with Crippen molar-refractivity contribution in [2.75, 3.05) is 7.11 Å². The highest BCUT2D eigenvalue weighted by atomic mass is 16.5. The molecule has 2 heterocycles. The van der Waals surface area contributed by atoms with Crippen LogP contribution in [0, 0.1) is 0 Å². The number of carbonyl (C=O) groups is 1. The average molecular weight is 249 g/mol. The molecule has 0 atom stereocenters. The van der Waals surface area contributed by atoms with E-state index in [0.717, 1.165) is 11.3 Å². The SMILES string of the molecule is COC(=O)c1occc1CNCc1ccn(C)n1. The molecule has 0 bridgehead atoms. The molecule has 96 valence electrons. The van der Waals surface area contributed by atoms with Crippen LogP contribution < -0.4 is 5.32 Å². The lowest BCUT2D eigenvalue weighted by molar-refractivity contribution is 0.0563. The van der Waals surface area contributed by atoms with E-state index in [1.165, 1.54) is 13.4 Å². The number of methoxy groups -OCH3 is 1. The molecule has 0 saturated heterocycles. The molecule has 0 aromatic carbocycles. The Morgan fingerprint density at radius 2 is 2.33 bits per heavy atom. The maximum atomic E-state index is 11.4. The molecule has 0 radical (unpaired) electrons. The van der Waals surface area contributed by atoms with Gasteiger partial charge in [0.05, 0.1) is 19.1 Å². The zero-order chi connectivity index (χ0) is 13.0. The number of aromatic nitrogens is 2. The van der Waals surface area contributed by atoms with E-state index in [1.54, 1.807) is 10.7 Å². The first-order chi connectivity index (χ1) is 8.70. The summed E-state index contributed by atoms with van der Waals surface area (Å²) in [4.78, 5) is 11.4. The molecule has 0 aliphatic rings. The minimum Gasteiger partial charge on any atom is -0.463 e. The highest BCUT2D eigenvalue weighted by molar-refractivity contribution is 5.87. The maximum absolute atomic E-state index is 11.4. The van der Waals surface area contributed by atoms with Gasteiger partial charge in [-0.1, -0.05) is 0 Å². The lowest BCUT2D eigenvalue weighted by Crippen LogP contribution is -2.15. The second-order valence-electron chi connectivity index (χ2n) is 3.85. The average Bonchev–Trinajstić information content (AvgIpc) is 2.98. The molecule has 0 spiro atoms. The van der Waals surface area contributed by atoms with Gasteiger partial charge in [-0.3, -0.25) is 4.68 Å². The highest BCUT2D eigenvalue weighted by Crippen LogP contribution is 2.11. The van der Waals surface area contributed by atoms with E-state index in [0.29, 0.717) is 13.1 Å². The van der Waals surface area contributed by atoms with Crippen LogP contribution in [0.15, 0.2) is 29.0 Å². The summed E-state index contributed by atoms with van der Waals surface area (Å²) in [6, 6.07) is 3.68. The predicted octanol–water partition coefficient (Wildman–Crippen LogP) is 1.09. The van der Waals surface area contributed by atoms with E-state index < -0.39 is 5.97 Å². The standard InChI is InChI=1S/C12H15N3O3/c1-15-5-3-10(14-15)8-13-7-9-4-6-18-11(9)12(16)17-2/h3-6,13H,7-8H2,1-2H3. The molecule has 2 aromatic heterocycles. The van der Waals surface area contributed by atoms with Gasteiger partial charge in [-0.15, -0.1) is 0 Å². The number of nitrogens with one attached hydrogen (secondary N) is 1. The van der Waals surface area contributed by atoms with Crippen LogP contribution >= 0.6 is 0 Å². The van der Waals surface area contributed by atoms with Gasteiger partial charge in [0.1, 0.15) is 0 Å². The first-order valence-electron chi connectivity index (χ1n) is 5.54. The summed E-state index contributed by atoms with van der Waals surface area (Å²) in [6.45, 7) is 1.16. The van der Waals surface area contributed by atoms with Crippen molar-refractivity contribution in [3.63, 3.8) is 0 Å². The summed E-state index contributed by atoms with van der Waals surface area (Å²) >= 11 is 0. The third-order valence-electron chi connectivity index (χ3n) is 2.51. The molecule has 0 aliphatic carbocycles. The van der Waals surface area contributed by atoms with Crippen molar-refractivity contribution in [1.29, 1.82) is 0 Å². The number of furan rings is 1. The van der Waals surface area contributed by atoms with Gasteiger partial charge in [-0.2, -0.15) is 5.10 Å². The molecule has 0 amide bonds. The molecule has 1 N–H and O–H groups in total. The molecule has 6 heteroatoms. The van der Waals surface area contributed by atoms with Crippen LogP contribution in [0.2, 0.25) is 0 Å². The molecular formula is C12H15N3O3. The van der Waals surface area contributed by atoms with E-state index in [1.807, 2.05) is 19.3 Å². The van der Waals surface area contributed by atoms with Gasteiger partial charge in [0.15, 0.2) is 0 Å². The molecule has 18 heavy (non-hydrogen) atoms. The van der Waals surface area contributed by atoms with Crippen LogP contribution in [0.4, 0.5) is 0 Å². The summed E-state index contributed by atoms with van der Waals surface area (Å²) in [5.41, 5.74) is 1.72. The Balaban J connectivity index is 1.90. The fourth-order valence-corrected chi connectivity index (χ4v) is 1.63. The Morgan fingerprint density at radius 1 is 1.50 bits per heavy atom. The van der Waals surface area contributed by atoms with E-state index in [-0.39, 0.29) is 5.76 Å². The maximum Gasteiger partial charge on any atom is 0.374 e. The van der Waals surface area contributed by atoms with Crippen molar-refractivity contribution in [2.45, 2.75) is 13.1 Å². The van der Waals surface area contributed by atoms with Crippen molar-refractivity contribution < 1.29 is 13.9 Å². The number of esters is 1. The predicted molar refractivity (Wildman–Crippen MR) is 63.8 cm³/mol. The van der Waals surface area contributed by atoms with Crippen LogP contribution in [0.3, 0.4) is 0 Å². The summed E-state index contributed by atoms with van der Waals surface area (Å²) in [5.74, 6) is -0.222. The molecular weight excluding hydrogens is 234 g/mol. The zero-order valence-corrected chi connectivity index (χ0v) is 10.3. The number of aryl methyl sites for hydroxylation is 1. The van der Waals surface area contributed by atoms with E-state index in [4.69, 9.17) is 4.42 Å². The monoisotopic (exact) mass is 249 g/mol. The minimum atomic E-state index is -0.463. The number of carbonyl (C=O) groups excluding carboxylic acids is 1. The van der Waals surface area contributed by atoms with Crippen LogP contribution in [0.1, 0.15) is 21.8 Å². The topological polar surface area (TPSA) is 69.3 Å². The molecule has 0 unspecified atom stereocenters. The van der Waals surface area contributed by atoms with Gasteiger partial charge in [0.25, 0.3) is 0 Å². The van der Waals surface area contributed by atoms with Crippen LogP contribution in [0.5, 0.6) is 0 Å². The summed E-state index contributed by atoms with van der Waals surface area (Å²) in [5, 5.41) is 7.44. The van der Waals surface area contributed by atoms with E-state index in [9.17, 15) is 4.79 Å². The molecule has 0 fully saturated rings. The van der Waals surface area contributed by atoms with Gasteiger partial charge in [-0.05, 0) is 12.1 Å². The normalized spacial score (nSPS) is 10.6. The van der Waals surface area contributed by atoms with Gasteiger partial charge in [0, 0.05) is 31.9 Å². The summed E-state index contributed by atoms with van der Waals surface area (Å²) in [7, 11) is 3.20. The Bertz CT molecular complexity index is 530. The van der Waals surface area contributed by atoms with Crippen molar-refractivity contribution in [3.05, 3.63) is 41.6 Å². The first-order valence-corrected chi connectivity index (χ1v) is 5.54. The fraction of sp³-hybridized carbons (Fsp3) is 0.333. The fourth-order valence-electron chi connectivity index (χ4n) is 1.63. The molecule has 0 saturated carbocycles. The lowest BCUT2D eigenvalue weighted by atomic mass is 10.2. The smallest absolute Gasteiger partial charge is 0.374 e. The Morgan fingerprint density at radius 3 is 3.00 bits per heavy atom. The summed E-state index contributed by atoms with van der Waals surface area (Å²) < 4.78 is 11.5. The number of rotatable bonds is 5. The molecule has 6 nitrogen and oxygen atoms in total. The number of hydrogen-bond acceptors (Lipinski definition) is 5. The highest BCUT2D eigenvalue weighted by Gasteiger charge is 2.15. The van der Waals surface area contributed by atoms with Crippen LogP contribution in [-0.4, -0.2) is 22.9 Å². The van der Waals surface area contributed by atoms with Crippen molar-refractivity contribution in [3.8, 4) is 0 Å². The van der Waals surface area contributed by atoms with Crippen LogP contribution in [0.25, 0.3) is 0 Å². The quantitative estimate of drug-likeness (QED) is 0.803. The van der Waals surface area contributed by atoms with Gasteiger partial charge < -0.3 is 14.5 Å².